The predicted molar refractivity (Wildman–Crippen MR) is 94.6 cm³/mol. The van der Waals surface area contributed by atoms with Gasteiger partial charge in [-0.25, -0.2) is 0 Å². The normalized spacial score (nSPS) is 12.9. The average molecular weight is 335 g/mol. The third-order valence-electron chi connectivity index (χ3n) is 4.34. The minimum atomic E-state index is 1.03. The predicted octanol–water partition coefficient (Wildman–Crippen LogP) is 6.15. The molecular formula is C20H15Br. The molecule has 0 amide bonds. The van der Waals surface area contributed by atoms with E-state index in [2.05, 4.69) is 83.5 Å². The zero-order chi connectivity index (χ0) is 14.4. The minimum absolute atomic E-state index is 1.03. The standard InChI is InChI=1S/C20H15Br/c1-13-19(12-15-8-5-10-17(15)20(13)21)18-11-4-7-14-6-2-3-9-16(14)18/h2-7,9-12H,8H2,1H3. The molecule has 1 aliphatic carbocycles. The van der Waals surface area contributed by atoms with Crippen LogP contribution < -0.4 is 0 Å². The molecule has 0 aliphatic heterocycles. The largest absolute Gasteiger partial charge is 0.0795 e. The van der Waals surface area contributed by atoms with Crippen molar-refractivity contribution < 1.29 is 0 Å². The summed E-state index contributed by atoms with van der Waals surface area (Å²) in [5, 5.41) is 2.62. The number of hydrogen-bond donors (Lipinski definition) is 0. The molecule has 21 heavy (non-hydrogen) atoms. The molecule has 0 saturated heterocycles. The molecule has 3 aromatic rings. The van der Waals surface area contributed by atoms with Crippen LogP contribution in [0, 0.1) is 6.92 Å². The van der Waals surface area contributed by atoms with E-state index in [9.17, 15) is 0 Å². The smallest absolute Gasteiger partial charge is 0.0285 e. The van der Waals surface area contributed by atoms with Crippen LogP contribution >= 0.6 is 15.9 Å². The van der Waals surface area contributed by atoms with E-state index in [4.69, 9.17) is 0 Å². The lowest BCUT2D eigenvalue weighted by atomic mass is 9.92. The summed E-state index contributed by atoms with van der Waals surface area (Å²) in [6.45, 7) is 2.20. The van der Waals surface area contributed by atoms with E-state index in [-0.39, 0.29) is 0 Å². The molecule has 1 aliphatic rings. The monoisotopic (exact) mass is 334 g/mol. The highest BCUT2D eigenvalue weighted by Gasteiger charge is 2.16. The summed E-state index contributed by atoms with van der Waals surface area (Å²) in [5.41, 5.74) is 6.73. The highest BCUT2D eigenvalue weighted by atomic mass is 79.9. The summed E-state index contributed by atoms with van der Waals surface area (Å²) in [6, 6.07) is 17.5. The van der Waals surface area contributed by atoms with Crippen LogP contribution in [0.2, 0.25) is 0 Å². The second-order valence-electron chi connectivity index (χ2n) is 5.57. The fourth-order valence-corrected chi connectivity index (χ4v) is 3.81. The van der Waals surface area contributed by atoms with Crippen LogP contribution in [0.25, 0.3) is 28.0 Å². The van der Waals surface area contributed by atoms with Gasteiger partial charge in [0.05, 0.1) is 0 Å². The zero-order valence-corrected chi connectivity index (χ0v) is 13.4. The Labute approximate surface area is 133 Å². The number of fused-ring (bicyclic) bond motifs is 2. The molecule has 0 radical (unpaired) electrons. The van der Waals surface area contributed by atoms with Gasteiger partial charge in [-0.2, -0.15) is 0 Å². The number of rotatable bonds is 1. The molecular weight excluding hydrogens is 320 g/mol. The second-order valence-corrected chi connectivity index (χ2v) is 6.36. The summed E-state index contributed by atoms with van der Waals surface area (Å²) >= 11 is 3.79. The van der Waals surface area contributed by atoms with Crippen molar-refractivity contribution in [2.75, 3.05) is 0 Å². The van der Waals surface area contributed by atoms with E-state index in [1.54, 1.807) is 0 Å². The molecule has 0 spiro atoms. The molecule has 4 rings (SSSR count). The number of hydrogen-bond acceptors (Lipinski definition) is 0. The fourth-order valence-electron chi connectivity index (χ4n) is 3.21. The van der Waals surface area contributed by atoms with Gasteiger partial charge >= 0.3 is 0 Å². The number of allylic oxidation sites excluding steroid dienone is 1. The average Bonchev–Trinajstić information content (AvgIpc) is 2.99. The summed E-state index contributed by atoms with van der Waals surface area (Å²) in [4.78, 5) is 0. The first-order valence-corrected chi connectivity index (χ1v) is 8.01. The van der Waals surface area contributed by atoms with Gasteiger partial charge in [-0.1, -0.05) is 54.6 Å². The first kappa shape index (κ1) is 12.8. The van der Waals surface area contributed by atoms with Gasteiger partial charge in [0.15, 0.2) is 0 Å². The van der Waals surface area contributed by atoms with Gasteiger partial charge in [0.2, 0.25) is 0 Å². The van der Waals surface area contributed by atoms with E-state index in [0.29, 0.717) is 0 Å². The molecule has 0 bridgehead atoms. The Morgan fingerprint density at radius 3 is 2.67 bits per heavy atom. The Bertz CT molecular complexity index is 882. The van der Waals surface area contributed by atoms with Crippen molar-refractivity contribution in [3.8, 4) is 11.1 Å². The molecule has 0 N–H and O–H groups in total. The minimum Gasteiger partial charge on any atom is -0.0795 e. The Morgan fingerprint density at radius 1 is 0.952 bits per heavy atom. The lowest BCUT2D eigenvalue weighted by Gasteiger charge is -2.15. The van der Waals surface area contributed by atoms with E-state index in [1.807, 2.05) is 0 Å². The van der Waals surface area contributed by atoms with Gasteiger partial charge in [0.25, 0.3) is 0 Å². The molecule has 0 nitrogen and oxygen atoms in total. The first-order chi connectivity index (χ1) is 10.3. The van der Waals surface area contributed by atoms with Crippen LogP contribution in [-0.2, 0) is 6.42 Å². The second kappa shape index (κ2) is 4.85. The van der Waals surface area contributed by atoms with E-state index < -0.39 is 0 Å². The van der Waals surface area contributed by atoms with Gasteiger partial charge in [-0.15, -0.1) is 0 Å². The molecule has 0 saturated carbocycles. The van der Waals surface area contributed by atoms with Gasteiger partial charge in [0, 0.05) is 4.47 Å². The van der Waals surface area contributed by atoms with Crippen LogP contribution in [0.5, 0.6) is 0 Å². The van der Waals surface area contributed by atoms with Crippen molar-refractivity contribution in [3.63, 3.8) is 0 Å². The van der Waals surface area contributed by atoms with Gasteiger partial charge in [-0.3, -0.25) is 0 Å². The quantitative estimate of drug-likeness (QED) is 0.500. The SMILES string of the molecule is Cc1c(-c2cccc3ccccc23)cc2c(c1Br)C=CC2. The Balaban J connectivity index is 2.05. The van der Waals surface area contributed by atoms with E-state index in [1.165, 1.54) is 43.1 Å². The first-order valence-electron chi connectivity index (χ1n) is 7.22. The maximum Gasteiger partial charge on any atom is 0.0285 e. The molecule has 0 aromatic heterocycles. The summed E-state index contributed by atoms with van der Waals surface area (Å²) in [6.07, 6.45) is 5.49. The van der Waals surface area contributed by atoms with Crippen molar-refractivity contribution >= 4 is 32.8 Å². The van der Waals surface area contributed by atoms with Gasteiger partial charge < -0.3 is 0 Å². The molecule has 0 fully saturated rings. The Morgan fingerprint density at radius 2 is 1.76 bits per heavy atom. The van der Waals surface area contributed by atoms with Gasteiger partial charge in [0.1, 0.15) is 0 Å². The summed E-state index contributed by atoms with van der Waals surface area (Å²) < 4.78 is 1.23. The van der Waals surface area contributed by atoms with Crippen molar-refractivity contribution in [1.82, 2.24) is 0 Å². The topological polar surface area (TPSA) is 0 Å². The van der Waals surface area contributed by atoms with Crippen LogP contribution in [0.4, 0.5) is 0 Å². The summed E-state index contributed by atoms with van der Waals surface area (Å²) in [7, 11) is 0. The fraction of sp³-hybridized carbons (Fsp3) is 0.100. The molecule has 0 heterocycles. The van der Waals surface area contributed by atoms with Crippen molar-refractivity contribution in [2.24, 2.45) is 0 Å². The maximum absolute atomic E-state index is 3.79. The van der Waals surface area contributed by atoms with Gasteiger partial charge in [-0.05, 0) is 73.9 Å². The lowest BCUT2D eigenvalue weighted by Crippen LogP contribution is -1.93. The molecule has 1 heteroatoms. The molecule has 102 valence electrons. The number of halogens is 1. The molecule has 0 atom stereocenters. The Kier molecular flexibility index (Phi) is 2.97. The van der Waals surface area contributed by atoms with Crippen LogP contribution in [0.3, 0.4) is 0 Å². The van der Waals surface area contributed by atoms with Crippen LogP contribution in [0.1, 0.15) is 16.7 Å². The molecule has 0 unspecified atom stereocenters. The van der Waals surface area contributed by atoms with Crippen LogP contribution in [0.15, 0.2) is 59.1 Å². The zero-order valence-electron chi connectivity index (χ0n) is 11.9. The van der Waals surface area contributed by atoms with Crippen LogP contribution in [-0.4, -0.2) is 0 Å². The number of benzene rings is 3. The highest BCUT2D eigenvalue weighted by Crippen LogP contribution is 2.39. The Hall–Kier alpha value is -1.86. The highest BCUT2D eigenvalue weighted by molar-refractivity contribution is 9.10. The van der Waals surface area contributed by atoms with Crippen molar-refractivity contribution in [2.45, 2.75) is 13.3 Å². The van der Waals surface area contributed by atoms with Crippen molar-refractivity contribution in [1.29, 1.82) is 0 Å². The maximum atomic E-state index is 3.79. The third kappa shape index (κ3) is 1.96. The van der Waals surface area contributed by atoms with E-state index >= 15 is 0 Å². The third-order valence-corrected chi connectivity index (χ3v) is 5.36. The molecule has 3 aromatic carbocycles. The lowest BCUT2D eigenvalue weighted by molar-refractivity contribution is 1.28. The summed E-state index contributed by atoms with van der Waals surface area (Å²) in [5.74, 6) is 0. The van der Waals surface area contributed by atoms with E-state index in [0.717, 1.165) is 6.42 Å². The van der Waals surface area contributed by atoms with Crippen molar-refractivity contribution in [3.05, 3.63) is 75.8 Å².